The number of hydrogen-bond donors (Lipinski definition) is 0. The van der Waals surface area contributed by atoms with Gasteiger partial charge in [-0.1, -0.05) is 102 Å². The molecule has 0 fully saturated rings. The number of anilines is 3. The molecule has 0 amide bonds. The average Bonchev–Trinajstić information content (AvgIpc) is 2.87. The Morgan fingerprint density at radius 1 is 0.364 bits per heavy atom. The molecule has 0 N–H and O–H groups in total. The largest absolute Gasteiger partial charge is 0.310 e. The maximum atomic E-state index is 2.32. The first-order chi connectivity index (χ1) is 16.2. The van der Waals surface area contributed by atoms with Gasteiger partial charge in [0, 0.05) is 17.1 Å². The minimum absolute atomic E-state index is 1.14. The van der Waals surface area contributed by atoms with E-state index >= 15 is 0 Å². The zero-order valence-electron chi connectivity index (χ0n) is 19.1. The van der Waals surface area contributed by atoms with Crippen molar-refractivity contribution in [3.63, 3.8) is 0 Å². The van der Waals surface area contributed by atoms with Gasteiger partial charge in [0.15, 0.2) is 0 Å². The fourth-order valence-corrected chi connectivity index (χ4v) is 4.14. The van der Waals surface area contributed by atoms with Crippen molar-refractivity contribution in [2.75, 3.05) is 4.90 Å². The van der Waals surface area contributed by atoms with E-state index in [-0.39, 0.29) is 0 Å². The second kappa shape index (κ2) is 9.18. The van der Waals surface area contributed by atoms with E-state index in [2.05, 4.69) is 146 Å². The molecule has 0 atom stereocenters. The van der Waals surface area contributed by atoms with E-state index in [0.717, 1.165) is 17.1 Å². The lowest BCUT2D eigenvalue weighted by Gasteiger charge is -2.26. The molecular formula is C32H27N. The smallest absolute Gasteiger partial charge is 0.0467 e. The van der Waals surface area contributed by atoms with E-state index in [4.69, 9.17) is 0 Å². The van der Waals surface area contributed by atoms with Crippen LogP contribution < -0.4 is 4.90 Å². The zero-order valence-corrected chi connectivity index (χ0v) is 19.1. The standard InChI is InChI=1S/C32H27N/c1-24-11-15-26(16-12-24)27-19-21-31(22-20-27)33(30-8-4-3-5-9-30)32-10-6-7-29(23-32)28-17-13-25(2)14-18-28/h3-23H,1-2H3. The summed E-state index contributed by atoms with van der Waals surface area (Å²) in [7, 11) is 0. The summed E-state index contributed by atoms with van der Waals surface area (Å²) in [5.41, 5.74) is 10.9. The summed E-state index contributed by atoms with van der Waals surface area (Å²) >= 11 is 0. The van der Waals surface area contributed by atoms with Crippen molar-refractivity contribution in [2.24, 2.45) is 0 Å². The molecule has 1 nitrogen and oxygen atoms in total. The minimum Gasteiger partial charge on any atom is -0.310 e. The predicted molar refractivity (Wildman–Crippen MR) is 141 cm³/mol. The predicted octanol–water partition coefficient (Wildman–Crippen LogP) is 9.11. The molecule has 0 spiro atoms. The van der Waals surface area contributed by atoms with E-state index in [1.54, 1.807) is 0 Å². The lowest BCUT2D eigenvalue weighted by molar-refractivity contribution is 1.28. The SMILES string of the molecule is Cc1ccc(-c2ccc(N(c3ccccc3)c3cccc(-c4ccc(C)cc4)c3)cc2)cc1. The van der Waals surface area contributed by atoms with Gasteiger partial charge in [-0.15, -0.1) is 0 Å². The van der Waals surface area contributed by atoms with Crippen LogP contribution in [0.25, 0.3) is 22.3 Å². The lowest BCUT2D eigenvalue weighted by atomic mass is 10.0. The van der Waals surface area contributed by atoms with Gasteiger partial charge in [-0.05, 0) is 72.5 Å². The Morgan fingerprint density at radius 2 is 0.818 bits per heavy atom. The van der Waals surface area contributed by atoms with Crippen molar-refractivity contribution in [2.45, 2.75) is 13.8 Å². The number of benzene rings is 5. The molecule has 0 unspecified atom stereocenters. The monoisotopic (exact) mass is 425 g/mol. The highest BCUT2D eigenvalue weighted by Gasteiger charge is 2.13. The number of hydrogen-bond acceptors (Lipinski definition) is 1. The Morgan fingerprint density at radius 3 is 1.39 bits per heavy atom. The van der Waals surface area contributed by atoms with Gasteiger partial charge in [0.05, 0.1) is 0 Å². The number of nitrogens with zero attached hydrogens (tertiary/aromatic N) is 1. The van der Waals surface area contributed by atoms with Crippen molar-refractivity contribution in [3.8, 4) is 22.3 Å². The van der Waals surface area contributed by atoms with Crippen molar-refractivity contribution >= 4 is 17.1 Å². The molecule has 5 rings (SSSR count). The Labute approximate surface area is 196 Å². The van der Waals surface area contributed by atoms with Crippen LogP contribution in [0.3, 0.4) is 0 Å². The van der Waals surface area contributed by atoms with E-state index in [1.165, 1.54) is 33.4 Å². The molecule has 0 saturated heterocycles. The first-order valence-corrected chi connectivity index (χ1v) is 11.4. The third-order valence-electron chi connectivity index (χ3n) is 6.01. The summed E-state index contributed by atoms with van der Waals surface area (Å²) in [4.78, 5) is 2.32. The Hall–Kier alpha value is -4.10. The van der Waals surface area contributed by atoms with Gasteiger partial charge in [-0.2, -0.15) is 0 Å². The van der Waals surface area contributed by atoms with Gasteiger partial charge in [-0.25, -0.2) is 0 Å². The van der Waals surface area contributed by atoms with Crippen LogP contribution in [0.4, 0.5) is 17.1 Å². The quantitative estimate of drug-likeness (QED) is 0.271. The van der Waals surface area contributed by atoms with Gasteiger partial charge < -0.3 is 4.90 Å². The van der Waals surface area contributed by atoms with Crippen molar-refractivity contribution in [1.29, 1.82) is 0 Å². The van der Waals surface area contributed by atoms with Crippen molar-refractivity contribution in [3.05, 3.63) is 139 Å². The third-order valence-corrected chi connectivity index (χ3v) is 6.01. The van der Waals surface area contributed by atoms with Crippen LogP contribution in [-0.2, 0) is 0 Å². The van der Waals surface area contributed by atoms with Gasteiger partial charge >= 0.3 is 0 Å². The average molecular weight is 426 g/mol. The number of aryl methyl sites for hydroxylation is 2. The molecule has 0 bridgehead atoms. The highest BCUT2D eigenvalue weighted by Crippen LogP contribution is 2.37. The highest BCUT2D eigenvalue weighted by atomic mass is 15.1. The molecule has 0 aliphatic carbocycles. The molecular weight excluding hydrogens is 398 g/mol. The van der Waals surface area contributed by atoms with E-state index in [1.807, 2.05) is 0 Å². The van der Waals surface area contributed by atoms with Crippen LogP contribution in [0.1, 0.15) is 11.1 Å². The fourth-order valence-electron chi connectivity index (χ4n) is 4.14. The molecule has 160 valence electrons. The summed E-state index contributed by atoms with van der Waals surface area (Å²) in [6, 6.07) is 45.6. The van der Waals surface area contributed by atoms with Crippen LogP contribution in [0.2, 0.25) is 0 Å². The normalized spacial score (nSPS) is 10.7. The van der Waals surface area contributed by atoms with Gasteiger partial charge in [0.1, 0.15) is 0 Å². The molecule has 0 heterocycles. The maximum absolute atomic E-state index is 2.32. The summed E-state index contributed by atoms with van der Waals surface area (Å²) in [5.74, 6) is 0. The lowest BCUT2D eigenvalue weighted by Crippen LogP contribution is -2.09. The van der Waals surface area contributed by atoms with Crippen LogP contribution >= 0.6 is 0 Å². The molecule has 5 aromatic rings. The van der Waals surface area contributed by atoms with Crippen molar-refractivity contribution in [1.82, 2.24) is 0 Å². The summed E-state index contributed by atoms with van der Waals surface area (Å²) < 4.78 is 0. The zero-order chi connectivity index (χ0) is 22.6. The molecule has 5 aromatic carbocycles. The molecule has 0 aromatic heterocycles. The Balaban J connectivity index is 1.56. The molecule has 0 radical (unpaired) electrons. The first kappa shape index (κ1) is 20.8. The van der Waals surface area contributed by atoms with E-state index in [0.29, 0.717) is 0 Å². The molecule has 0 saturated carbocycles. The van der Waals surface area contributed by atoms with Crippen LogP contribution in [0.5, 0.6) is 0 Å². The molecule has 0 aliphatic heterocycles. The number of rotatable bonds is 5. The van der Waals surface area contributed by atoms with Crippen LogP contribution in [0, 0.1) is 13.8 Å². The summed E-state index contributed by atoms with van der Waals surface area (Å²) in [6.07, 6.45) is 0. The Kier molecular flexibility index (Phi) is 5.78. The molecule has 0 aliphatic rings. The maximum Gasteiger partial charge on any atom is 0.0467 e. The molecule has 33 heavy (non-hydrogen) atoms. The van der Waals surface area contributed by atoms with Gasteiger partial charge in [0.25, 0.3) is 0 Å². The summed E-state index contributed by atoms with van der Waals surface area (Å²) in [5, 5.41) is 0. The second-order valence-corrected chi connectivity index (χ2v) is 8.50. The topological polar surface area (TPSA) is 3.24 Å². The second-order valence-electron chi connectivity index (χ2n) is 8.50. The van der Waals surface area contributed by atoms with Crippen LogP contribution in [-0.4, -0.2) is 0 Å². The third kappa shape index (κ3) is 4.58. The minimum atomic E-state index is 1.14. The Bertz CT molecular complexity index is 1330. The van der Waals surface area contributed by atoms with E-state index < -0.39 is 0 Å². The molecule has 1 heteroatoms. The first-order valence-electron chi connectivity index (χ1n) is 11.4. The van der Waals surface area contributed by atoms with Crippen LogP contribution in [0.15, 0.2) is 127 Å². The van der Waals surface area contributed by atoms with Gasteiger partial charge in [-0.3, -0.25) is 0 Å². The highest BCUT2D eigenvalue weighted by molar-refractivity contribution is 5.81. The summed E-state index contributed by atoms with van der Waals surface area (Å²) in [6.45, 7) is 4.24. The van der Waals surface area contributed by atoms with Gasteiger partial charge in [0.2, 0.25) is 0 Å². The fraction of sp³-hybridized carbons (Fsp3) is 0.0625. The number of para-hydroxylation sites is 1. The van der Waals surface area contributed by atoms with E-state index in [9.17, 15) is 0 Å². The van der Waals surface area contributed by atoms with Crippen molar-refractivity contribution < 1.29 is 0 Å².